The lowest BCUT2D eigenvalue weighted by molar-refractivity contribution is 0.0691. The van der Waals surface area contributed by atoms with Gasteiger partial charge in [-0.05, 0) is 48.7 Å². The van der Waals surface area contributed by atoms with Crippen LogP contribution in [0.25, 0.3) is 0 Å². The lowest BCUT2D eigenvalue weighted by Gasteiger charge is -2.35. The van der Waals surface area contributed by atoms with Crippen LogP contribution in [0.1, 0.15) is 20.3 Å². The van der Waals surface area contributed by atoms with Crippen LogP contribution < -0.4 is 9.62 Å². The summed E-state index contributed by atoms with van der Waals surface area (Å²) < 4.78 is 63.0. The number of piperidine rings is 1. The Labute approximate surface area is 195 Å². The summed E-state index contributed by atoms with van der Waals surface area (Å²) in [7, 11) is -6.48. The number of halogens is 1. The van der Waals surface area contributed by atoms with E-state index in [1.807, 2.05) is 13.8 Å². The monoisotopic (exact) mass is 500 g/mol. The van der Waals surface area contributed by atoms with E-state index in [4.69, 9.17) is 0 Å². The zero-order valence-electron chi connectivity index (χ0n) is 18.5. The van der Waals surface area contributed by atoms with Crippen LogP contribution in [0, 0.1) is 11.7 Å². The van der Waals surface area contributed by atoms with Crippen LogP contribution in [0.2, 0.25) is 0 Å². The van der Waals surface area contributed by atoms with Crippen molar-refractivity contribution in [1.82, 2.24) is 9.88 Å². The molecule has 0 aliphatic carbocycles. The number of β-amino-alcohol motifs (C(OH)–C–C–N with tert-alkyl or cyclic N) is 1. The Balaban J connectivity index is 1.74. The third-order valence-electron chi connectivity index (χ3n) is 5.28. The number of aliphatic hydroxyl groups is 1. The second kappa shape index (κ2) is 10.8. The Morgan fingerprint density at radius 3 is 2.48 bits per heavy atom. The molecule has 0 spiro atoms. The number of pyridine rings is 1. The summed E-state index contributed by atoms with van der Waals surface area (Å²) in [5, 5.41) is 13.4. The number of benzene rings is 1. The van der Waals surface area contributed by atoms with Crippen LogP contribution in [0.3, 0.4) is 0 Å². The molecule has 1 aliphatic heterocycles. The molecule has 33 heavy (non-hydrogen) atoms. The predicted octanol–water partition coefficient (Wildman–Crippen LogP) is 1.49. The van der Waals surface area contributed by atoms with Crippen molar-refractivity contribution >= 4 is 32.2 Å². The van der Waals surface area contributed by atoms with Crippen molar-refractivity contribution < 1.29 is 26.3 Å². The first kappa shape index (κ1) is 25.3. The molecule has 2 unspecified atom stereocenters. The van der Waals surface area contributed by atoms with Crippen molar-refractivity contribution in [3.8, 4) is 0 Å². The molecule has 1 aliphatic rings. The van der Waals surface area contributed by atoms with Gasteiger partial charge >= 0.3 is 0 Å². The minimum Gasteiger partial charge on any atom is -0.390 e. The van der Waals surface area contributed by atoms with Crippen molar-refractivity contribution in [3.63, 3.8) is 0 Å². The number of nitrogens with zero attached hydrogens (tertiary/aromatic N) is 3. The number of hydrogen-bond donors (Lipinski definition) is 3. The highest BCUT2D eigenvalue weighted by molar-refractivity contribution is 7.92. The topological polar surface area (TPSA) is 120 Å². The second-order valence-electron chi connectivity index (χ2n) is 8.44. The predicted molar refractivity (Wildman–Crippen MR) is 125 cm³/mol. The van der Waals surface area contributed by atoms with Gasteiger partial charge in [0.15, 0.2) is 10.7 Å². The van der Waals surface area contributed by atoms with Crippen molar-refractivity contribution in [3.05, 3.63) is 48.4 Å². The summed E-state index contributed by atoms with van der Waals surface area (Å²) in [5.74, 6) is -0.109. The fraction of sp³-hybridized carbons (Fsp3) is 0.476. The highest BCUT2D eigenvalue weighted by Gasteiger charge is 2.29. The molecule has 1 fully saturated rings. The van der Waals surface area contributed by atoms with Crippen LogP contribution in [0.4, 0.5) is 15.9 Å². The lowest BCUT2D eigenvalue weighted by atomic mass is 10.0. The van der Waals surface area contributed by atoms with Crippen molar-refractivity contribution in [2.75, 3.05) is 35.1 Å². The van der Waals surface area contributed by atoms with Crippen molar-refractivity contribution in [2.45, 2.75) is 37.3 Å². The molecule has 1 aromatic heterocycles. The van der Waals surface area contributed by atoms with Gasteiger partial charge in [0.05, 0.1) is 23.7 Å². The van der Waals surface area contributed by atoms with E-state index in [1.165, 1.54) is 46.9 Å². The normalized spacial score (nSPS) is 19.7. The van der Waals surface area contributed by atoms with Gasteiger partial charge < -0.3 is 10.4 Å². The Hall–Kier alpha value is -2.28. The molecule has 2 atom stereocenters. The summed E-state index contributed by atoms with van der Waals surface area (Å²) >= 11 is 0. The molecule has 2 aromatic rings. The van der Waals surface area contributed by atoms with Gasteiger partial charge in [-0.25, -0.2) is 26.2 Å². The molecule has 1 saturated heterocycles. The quantitative estimate of drug-likeness (QED) is 0.443. The van der Waals surface area contributed by atoms with Gasteiger partial charge in [-0.3, -0.25) is 9.21 Å². The zero-order chi connectivity index (χ0) is 24.2. The average Bonchev–Trinajstić information content (AvgIpc) is 2.74. The number of sulfonamides is 1. The number of likely N-dealkylation sites (tertiary alicyclic amines) is 1. The van der Waals surface area contributed by atoms with Gasteiger partial charge in [0.1, 0.15) is 16.5 Å². The van der Waals surface area contributed by atoms with E-state index in [9.17, 15) is 26.3 Å². The first-order chi connectivity index (χ1) is 15.6. The number of hydrogen-bond acceptors (Lipinski definition) is 8. The molecule has 12 heteroatoms. The van der Waals surface area contributed by atoms with Crippen LogP contribution >= 0.6 is 0 Å². The van der Waals surface area contributed by atoms with E-state index in [1.54, 1.807) is 4.90 Å². The van der Waals surface area contributed by atoms with E-state index < -0.39 is 32.6 Å². The number of nitrogens with one attached hydrogen (secondary N) is 1. The van der Waals surface area contributed by atoms with Gasteiger partial charge in [0, 0.05) is 25.8 Å². The Morgan fingerprint density at radius 2 is 1.94 bits per heavy atom. The minimum atomic E-state index is -3.93. The third-order valence-corrected chi connectivity index (χ3v) is 7.69. The van der Waals surface area contributed by atoms with E-state index >= 15 is 0 Å². The largest absolute Gasteiger partial charge is 0.390 e. The standard InChI is InChI=1S/C21H29FN4O5S2/c1-15(2)12-26(17-5-3-16(22)4-6-17)33(30,31)18-7-8-21(23-11-18)24-19-9-10-25(13-20(19)27)14-32(28)29/h3-8,11,15,19-20,27,32H,9-10,12-14H2,1-2H3,(H,23,24). The summed E-state index contributed by atoms with van der Waals surface area (Å²) in [6.07, 6.45) is 0.968. The fourth-order valence-electron chi connectivity index (χ4n) is 3.67. The molecule has 182 valence electrons. The first-order valence-corrected chi connectivity index (χ1v) is 13.4. The van der Waals surface area contributed by atoms with E-state index in [-0.39, 0.29) is 35.8 Å². The Bertz CT molecular complexity index is 1100. The van der Waals surface area contributed by atoms with Crippen molar-refractivity contribution in [1.29, 1.82) is 0 Å². The summed E-state index contributed by atoms with van der Waals surface area (Å²) in [4.78, 5) is 5.87. The van der Waals surface area contributed by atoms with Gasteiger partial charge in [-0.15, -0.1) is 0 Å². The van der Waals surface area contributed by atoms with Crippen LogP contribution in [-0.4, -0.2) is 69.5 Å². The summed E-state index contributed by atoms with van der Waals surface area (Å²) in [6.45, 7) is 4.72. The SMILES string of the molecule is CC(C)CN(c1ccc(F)cc1)S(=O)(=O)c1ccc(NC2CCN(C[SH](=O)=O)CC2O)nc1. The van der Waals surface area contributed by atoms with E-state index in [2.05, 4.69) is 10.3 Å². The lowest BCUT2D eigenvalue weighted by Crippen LogP contribution is -2.50. The van der Waals surface area contributed by atoms with E-state index in [0.717, 1.165) is 0 Å². The van der Waals surface area contributed by atoms with Crippen LogP contribution in [0.5, 0.6) is 0 Å². The van der Waals surface area contributed by atoms with E-state index in [0.29, 0.717) is 24.5 Å². The maximum atomic E-state index is 13.3. The van der Waals surface area contributed by atoms with Gasteiger partial charge in [0.2, 0.25) is 0 Å². The third kappa shape index (κ3) is 6.62. The van der Waals surface area contributed by atoms with Gasteiger partial charge in [0.25, 0.3) is 10.0 Å². The second-order valence-corrected chi connectivity index (χ2v) is 11.3. The minimum absolute atomic E-state index is 0.00681. The summed E-state index contributed by atoms with van der Waals surface area (Å²) in [6, 6.07) is 7.91. The van der Waals surface area contributed by atoms with Crippen molar-refractivity contribution in [2.24, 2.45) is 5.92 Å². The fourth-order valence-corrected chi connectivity index (χ4v) is 5.83. The summed E-state index contributed by atoms with van der Waals surface area (Å²) in [5.41, 5.74) is 0.363. The molecular weight excluding hydrogens is 471 g/mol. The number of anilines is 2. The Kier molecular flexibility index (Phi) is 8.27. The average molecular weight is 501 g/mol. The molecule has 1 aromatic carbocycles. The number of thiol groups is 1. The highest BCUT2D eigenvalue weighted by atomic mass is 32.2. The smallest absolute Gasteiger partial charge is 0.265 e. The molecular formula is C21H29FN4O5S2. The van der Waals surface area contributed by atoms with Gasteiger partial charge in [-0.2, -0.15) is 0 Å². The molecule has 3 rings (SSSR count). The molecule has 2 N–H and O–H groups in total. The molecule has 0 radical (unpaired) electrons. The van der Waals surface area contributed by atoms with Crippen LogP contribution in [-0.2, 0) is 20.7 Å². The maximum Gasteiger partial charge on any atom is 0.265 e. The molecule has 0 amide bonds. The van der Waals surface area contributed by atoms with Crippen LogP contribution in [0.15, 0.2) is 47.5 Å². The first-order valence-electron chi connectivity index (χ1n) is 10.6. The van der Waals surface area contributed by atoms with Gasteiger partial charge in [-0.1, -0.05) is 13.8 Å². The highest BCUT2D eigenvalue weighted by Crippen LogP contribution is 2.26. The molecule has 0 bridgehead atoms. The molecule has 9 nitrogen and oxygen atoms in total. The number of rotatable bonds is 9. The zero-order valence-corrected chi connectivity index (χ0v) is 20.2. The molecule has 2 heterocycles. The maximum absolute atomic E-state index is 13.3. The molecule has 0 saturated carbocycles. The number of aromatic nitrogens is 1. The number of aliphatic hydroxyl groups excluding tert-OH is 1. The Morgan fingerprint density at radius 1 is 1.24 bits per heavy atom.